The average Bonchev–Trinajstić information content (AvgIpc) is 2.59. The summed E-state index contributed by atoms with van der Waals surface area (Å²) in [6.07, 6.45) is 0. The van der Waals surface area contributed by atoms with Gasteiger partial charge in [-0.25, -0.2) is 12.8 Å². The molecule has 6 nitrogen and oxygen atoms in total. The van der Waals surface area contributed by atoms with Crippen LogP contribution in [0.5, 0.6) is 0 Å². The summed E-state index contributed by atoms with van der Waals surface area (Å²) in [5.74, 6) is -0.937. The number of methoxy groups -OCH3 is 1. The molecule has 0 atom stereocenters. The molecule has 0 saturated heterocycles. The largest absolute Gasteiger partial charge is 0.383 e. The van der Waals surface area contributed by atoms with Gasteiger partial charge in [0.15, 0.2) is 0 Å². The minimum atomic E-state index is -3.92. The first-order chi connectivity index (χ1) is 11.9. The monoisotopic (exact) mass is 364 g/mol. The maximum Gasteiger partial charge on any atom is 0.265 e. The highest BCUT2D eigenvalue weighted by molar-refractivity contribution is 7.93. The van der Waals surface area contributed by atoms with Gasteiger partial charge < -0.3 is 10.1 Å². The molecule has 0 aromatic heterocycles. The zero-order chi connectivity index (χ0) is 18.0. The predicted molar refractivity (Wildman–Crippen MR) is 91.3 cm³/mol. The minimum absolute atomic E-state index is 0.0535. The molecule has 25 heavy (non-hydrogen) atoms. The summed E-state index contributed by atoms with van der Waals surface area (Å²) < 4.78 is 45.5. The smallest absolute Gasteiger partial charge is 0.265 e. The number of hydrogen-bond acceptors (Lipinski definition) is 4. The van der Waals surface area contributed by atoms with Gasteiger partial charge in [-0.2, -0.15) is 0 Å². The van der Waals surface area contributed by atoms with Crippen molar-refractivity contribution in [2.24, 2.45) is 0 Å². The topological polar surface area (TPSA) is 75.7 Å². The van der Waals surface area contributed by atoms with Crippen molar-refractivity contribution in [1.29, 1.82) is 0 Å². The van der Waals surface area contributed by atoms with Crippen LogP contribution in [0.25, 0.3) is 11.1 Å². The van der Waals surface area contributed by atoms with E-state index < -0.39 is 21.7 Å². The number of anilines is 1. The molecule has 3 rings (SSSR count). The van der Waals surface area contributed by atoms with Crippen molar-refractivity contribution < 1.29 is 22.3 Å². The second kappa shape index (κ2) is 6.81. The Labute approximate surface area is 145 Å². The zero-order valence-corrected chi connectivity index (χ0v) is 14.3. The molecule has 0 radical (unpaired) electrons. The first kappa shape index (κ1) is 17.4. The molecule has 1 aliphatic rings. The Kier molecular flexibility index (Phi) is 4.73. The van der Waals surface area contributed by atoms with Gasteiger partial charge in [-0.15, -0.1) is 0 Å². The highest BCUT2D eigenvalue weighted by atomic mass is 32.2. The molecule has 0 aliphatic carbocycles. The van der Waals surface area contributed by atoms with Crippen LogP contribution in [-0.2, 0) is 19.6 Å². The number of fused-ring (bicyclic) bond motifs is 3. The van der Waals surface area contributed by atoms with E-state index in [1.807, 2.05) is 0 Å². The summed E-state index contributed by atoms with van der Waals surface area (Å²) in [6.45, 7) is 0.207. The number of nitrogens with one attached hydrogen (secondary N) is 1. The number of carbonyl (C=O) groups excluding carboxylic acids is 1. The predicted octanol–water partition coefficient (Wildman–Crippen LogP) is 1.76. The average molecular weight is 364 g/mol. The van der Waals surface area contributed by atoms with Gasteiger partial charge in [0.25, 0.3) is 10.0 Å². The van der Waals surface area contributed by atoms with Crippen LogP contribution in [-0.4, -0.2) is 41.1 Å². The maximum atomic E-state index is 13.7. The molecule has 1 heterocycles. The van der Waals surface area contributed by atoms with Crippen LogP contribution < -0.4 is 9.62 Å². The first-order valence-corrected chi connectivity index (χ1v) is 9.06. The number of halogens is 1. The summed E-state index contributed by atoms with van der Waals surface area (Å²) in [6, 6.07) is 10.2. The Morgan fingerprint density at radius 1 is 1.20 bits per heavy atom. The van der Waals surface area contributed by atoms with Gasteiger partial charge in [0.1, 0.15) is 12.4 Å². The lowest BCUT2D eigenvalue weighted by molar-refractivity contribution is -0.119. The Morgan fingerprint density at radius 2 is 1.96 bits per heavy atom. The van der Waals surface area contributed by atoms with Crippen molar-refractivity contribution in [3.05, 3.63) is 48.3 Å². The van der Waals surface area contributed by atoms with E-state index in [1.165, 1.54) is 31.4 Å². The SMILES string of the molecule is COCCNC(=O)CN1c2ccc(F)cc2-c2ccccc2S1(=O)=O. The van der Waals surface area contributed by atoms with Gasteiger partial charge in [0, 0.05) is 24.8 Å². The number of amides is 1. The van der Waals surface area contributed by atoms with Gasteiger partial charge in [-0.3, -0.25) is 9.10 Å². The van der Waals surface area contributed by atoms with Crippen molar-refractivity contribution in [3.63, 3.8) is 0 Å². The van der Waals surface area contributed by atoms with E-state index in [2.05, 4.69) is 5.32 Å². The van der Waals surface area contributed by atoms with E-state index in [4.69, 9.17) is 4.74 Å². The molecule has 1 N–H and O–H groups in total. The fourth-order valence-corrected chi connectivity index (χ4v) is 4.40. The van der Waals surface area contributed by atoms with E-state index in [1.54, 1.807) is 18.2 Å². The molecule has 2 aromatic carbocycles. The van der Waals surface area contributed by atoms with Crippen molar-refractivity contribution in [2.45, 2.75) is 4.90 Å². The number of carbonyl (C=O) groups is 1. The van der Waals surface area contributed by atoms with Gasteiger partial charge in [0.05, 0.1) is 17.2 Å². The summed E-state index contributed by atoms with van der Waals surface area (Å²) in [5, 5.41) is 2.59. The number of hydrogen-bond donors (Lipinski definition) is 1. The fraction of sp³-hybridized carbons (Fsp3) is 0.235. The molecule has 8 heteroatoms. The van der Waals surface area contributed by atoms with Crippen LogP contribution in [0.2, 0.25) is 0 Å². The molecule has 1 amide bonds. The number of rotatable bonds is 5. The molecular weight excluding hydrogens is 347 g/mol. The van der Waals surface area contributed by atoms with Crippen LogP contribution in [0.15, 0.2) is 47.4 Å². The molecule has 0 unspecified atom stereocenters. The molecule has 0 spiro atoms. The third-order valence-electron chi connectivity index (χ3n) is 3.89. The van der Waals surface area contributed by atoms with Crippen molar-refractivity contribution in [2.75, 3.05) is 31.1 Å². The van der Waals surface area contributed by atoms with Crippen molar-refractivity contribution >= 4 is 21.6 Å². The summed E-state index contributed by atoms with van der Waals surface area (Å²) in [5.41, 5.74) is 1.14. The minimum Gasteiger partial charge on any atom is -0.383 e. The lowest BCUT2D eigenvalue weighted by Gasteiger charge is -2.31. The molecule has 1 aliphatic heterocycles. The highest BCUT2D eigenvalue weighted by Gasteiger charge is 2.35. The van der Waals surface area contributed by atoms with E-state index in [9.17, 15) is 17.6 Å². The normalized spacial score (nSPS) is 14.6. The van der Waals surface area contributed by atoms with Crippen LogP contribution in [0.3, 0.4) is 0 Å². The number of nitrogens with zero attached hydrogens (tertiary/aromatic N) is 1. The van der Waals surface area contributed by atoms with E-state index in [0.717, 1.165) is 4.31 Å². The number of ether oxygens (including phenoxy) is 1. The van der Waals surface area contributed by atoms with Crippen molar-refractivity contribution in [1.82, 2.24) is 5.32 Å². The summed E-state index contributed by atoms with van der Waals surface area (Å²) in [4.78, 5) is 12.2. The third kappa shape index (κ3) is 3.22. The van der Waals surface area contributed by atoms with E-state index >= 15 is 0 Å². The Balaban J connectivity index is 2.03. The van der Waals surface area contributed by atoms with Crippen LogP contribution >= 0.6 is 0 Å². The molecule has 0 saturated carbocycles. The maximum absolute atomic E-state index is 13.7. The Bertz CT molecular complexity index is 915. The molecule has 2 aromatic rings. The van der Waals surface area contributed by atoms with Gasteiger partial charge in [-0.1, -0.05) is 18.2 Å². The third-order valence-corrected chi connectivity index (χ3v) is 5.71. The number of benzene rings is 2. The molecule has 0 bridgehead atoms. The van der Waals surface area contributed by atoms with Crippen LogP contribution in [0.1, 0.15) is 0 Å². The van der Waals surface area contributed by atoms with Crippen LogP contribution in [0.4, 0.5) is 10.1 Å². The van der Waals surface area contributed by atoms with Crippen LogP contribution in [0, 0.1) is 5.82 Å². The zero-order valence-electron chi connectivity index (χ0n) is 13.5. The standard InChI is InChI=1S/C17H17FN2O4S/c1-24-9-8-19-17(21)11-20-15-7-6-12(18)10-14(15)13-4-2-3-5-16(13)25(20,22)23/h2-7,10H,8-9,11H2,1H3,(H,19,21). The van der Waals surface area contributed by atoms with Gasteiger partial charge >= 0.3 is 0 Å². The van der Waals surface area contributed by atoms with Crippen molar-refractivity contribution in [3.8, 4) is 11.1 Å². The van der Waals surface area contributed by atoms with E-state index in [-0.39, 0.29) is 23.7 Å². The summed E-state index contributed by atoms with van der Waals surface area (Å²) in [7, 11) is -2.41. The second-order valence-corrected chi connectivity index (χ2v) is 7.34. The van der Waals surface area contributed by atoms with Gasteiger partial charge in [0.2, 0.25) is 5.91 Å². The molecule has 0 fully saturated rings. The highest BCUT2D eigenvalue weighted by Crippen LogP contribution is 2.42. The second-order valence-electron chi connectivity index (χ2n) is 5.51. The molecule has 132 valence electrons. The first-order valence-electron chi connectivity index (χ1n) is 7.62. The van der Waals surface area contributed by atoms with Gasteiger partial charge in [-0.05, 0) is 24.3 Å². The fourth-order valence-electron chi connectivity index (χ4n) is 2.75. The van der Waals surface area contributed by atoms with E-state index in [0.29, 0.717) is 17.7 Å². The lowest BCUT2D eigenvalue weighted by Crippen LogP contribution is -2.43. The quantitative estimate of drug-likeness (QED) is 0.821. The number of sulfonamides is 1. The summed E-state index contributed by atoms with van der Waals surface area (Å²) >= 11 is 0. The Hall–Kier alpha value is -2.45. The Morgan fingerprint density at radius 3 is 2.72 bits per heavy atom. The lowest BCUT2D eigenvalue weighted by atomic mass is 10.0. The molecular formula is C17H17FN2O4S.